The molecule has 0 radical (unpaired) electrons. The molecule has 0 saturated carbocycles. The lowest BCUT2D eigenvalue weighted by atomic mass is 9.90. The summed E-state index contributed by atoms with van der Waals surface area (Å²) in [6.45, 7) is 6.43. The Morgan fingerprint density at radius 1 is 1.71 bits per heavy atom. The summed E-state index contributed by atoms with van der Waals surface area (Å²) in [5.41, 5.74) is 7.08. The number of hydrogen-bond acceptors (Lipinski definition) is 5. The van der Waals surface area contributed by atoms with Gasteiger partial charge in [0.1, 0.15) is 0 Å². The molecule has 17 heavy (non-hydrogen) atoms. The van der Waals surface area contributed by atoms with Crippen LogP contribution in [0.2, 0.25) is 0 Å². The van der Waals surface area contributed by atoms with Crippen LogP contribution in [0.1, 0.15) is 24.0 Å². The maximum absolute atomic E-state index is 5.98. The highest BCUT2D eigenvalue weighted by Crippen LogP contribution is 2.31. The second-order valence-corrected chi connectivity index (χ2v) is 5.85. The zero-order valence-electron chi connectivity index (χ0n) is 10.8. The molecule has 2 rings (SSSR count). The molecule has 2 atom stereocenters. The van der Waals surface area contributed by atoms with Crippen molar-refractivity contribution in [3.8, 4) is 0 Å². The molecular weight excluding hydrogens is 234 g/mol. The fourth-order valence-electron chi connectivity index (χ4n) is 2.58. The Balaban J connectivity index is 2.10. The van der Waals surface area contributed by atoms with Gasteiger partial charge in [-0.05, 0) is 27.3 Å². The molecule has 1 fully saturated rings. The third-order valence-corrected chi connectivity index (χ3v) is 4.66. The van der Waals surface area contributed by atoms with Crippen LogP contribution in [-0.2, 0) is 11.3 Å². The van der Waals surface area contributed by atoms with Gasteiger partial charge in [0.2, 0.25) is 0 Å². The van der Waals surface area contributed by atoms with Gasteiger partial charge in [-0.2, -0.15) is 0 Å². The van der Waals surface area contributed by atoms with Crippen molar-refractivity contribution in [1.29, 1.82) is 0 Å². The fraction of sp³-hybridized carbons (Fsp3) is 0.750. The minimum Gasteiger partial charge on any atom is -0.376 e. The Bertz CT molecular complexity index is 382. The maximum atomic E-state index is 5.98. The van der Waals surface area contributed by atoms with Gasteiger partial charge in [0.25, 0.3) is 0 Å². The molecule has 96 valence electrons. The van der Waals surface area contributed by atoms with Gasteiger partial charge >= 0.3 is 0 Å². The number of aromatic nitrogens is 1. The van der Waals surface area contributed by atoms with E-state index in [0.29, 0.717) is 6.54 Å². The monoisotopic (exact) mass is 255 g/mol. The molecule has 0 aliphatic carbocycles. The number of thiazole rings is 1. The average Bonchev–Trinajstić information content (AvgIpc) is 2.86. The minimum absolute atomic E-state index is 0.0302. The lowest BCUT2D eigenvalue weighted by Crippen LogP contribution is -2.56. The fourth-order valence-corrected chi connectivity index (χ4v) is 3.18. The molecule has 1 aliphatic rings. The SMILES string of the molecule is Cc1nc(CN(C)C2(CN)CCOC2C)cs1. The van der Waals surface area contributed by atoms with Gasteiger partial charge in [-0.25, -0.2) is 4.98 Å². The van der Waals surface area contributed by atoms with E-state index < -0.39 is 0 Å². The molecule has 0 bridgehead atoms. The van der Waals surface area contributed by atoms with Crippen LogP contribution in [0.4, 0.5) is 0 Å². The summed E-state index contributed by atoms with van der Waals surface area (Å²) in [5.74, 6) is 0. The summed E-state index contributed by atoms with van der Waals surface area (Å²) >= 11 is 1.70. The van der Waals surface area contributed by atoms with Gasteiger partial charge in [0.15, 0.2) is 0 Å². The Labute approximate surface area is 107 Å². The molecule has 1 aromatic rings. The summed E-state index contributed by atoms with van der Waals surface area (Å²) in [6, 6.07) is 0. The van der Waals surface area contributed by atoms with E-state index in [9.17, 15) is 0 Å². The van der Waals surface area contributed by atoms with Crippen LogP contribution in [0.5, 0.6) is 0 Å². The van der Waals surface area contributed by atoms with Crippen molar-refractivity contribution in [2.45, 2.75) is 38.5 Å². The molecule has 0 aromatic carbocycles. The van der Waals surface area contributed by atoms with Crippen molar-refractivity contribution in [3.05, 3.63) is 16.1 Å². The summed E-state index contributed by atoms with van der Waals surface area (Å²) in [7, 11) is 2.12. The standard InChI is InChI=1S/C12H21N3OS/c1-9-12(8-13,4-5-16-9)15(3)6-11-7-17-10(2)14-11/h7,9H,4-6,8,13H2,1-3H3. The smallest absolute Gasteiger partial charge is 0.0897 e. The highest BCUT2D eigenvalue weighted by atomic mass is 32.1. The van der Waals surface area contributed by atoms with Crippen molar-refractivity contribution in [3.63, 3.8) is 0 Å². The van der Waals surface area contributed by atoms with Gasteiger partial charge in [-0.3, -0.25) is 4.90 Å². The average molecular weight is 255 g/mol. The molecule has 1 aromatic heterocycles. The molecule has 0 amide bonds. The zero-order valence-corrected chi connectivity index (χ0v) is 11.6. The van der Waals surface area contributed by atoms with Crippen molar-refractivity contribution < 1.29 is 4.74 Å². The summed E-state index contributed by atoms with van der Waals surface area (Å²) in [5, 5.41) is 3.24. The van der Waals surface area contributed by atoms with Gasteiger partial charge in [0.05, 0.1) is 22.3 Å². The van der Waals surface area contributed by atoms with E-state index in [-0.39, 0.29) is 11.6 Å². The molecular formula is C12H21N3OS. The number of nitrogens with two attached hydrogens (primary N) is 1. The molecule has 2 heterocycles. The second-order valence-electron chi connectivity index (χ2n) is 4.78. The molecule has 2 N–H and O–H groups in total. The molecule has 4 nitrogen and oxygen atoms in total. The van der Waals surface area contributed by atoms with Crippen molar-refractivity contribution in [2.75, 3.05) is 20.2 Å². The minimum atomic E-state index is -0.0302. The topological polar surface area (TPSA) is 51.4 Å². The predicted octanol–water partition coefficient (Wildman–Crippen LogP) is 1.39. The molecule has 1 saturated heterocycles. The number of rotatable bonds is 4. The third kappa shape index (κ3) is 2.38. The van der Waals surface area contributed by atoms with Crippen LogP contribution in [0.25, 0.3) is 0 Å². The number of hydrogen-bond donors (Lipinski definition) is 1. The summed E-state index contributed by atoms with van der Waals surface area (Å²) in [4.78, 5) is 6.81. The molecule has 1 aliphatic heterocycles. The van der Waals surface area contributed by atoms with Crippen LogP contribution in [0.3, 0.4) is 0 Å². The normalized spacial score (nSPS) is 29.1. The van der Waals surface area contributed by atoms with E-state index in [1.807, 2.05) is 6.92 Å². The van der Waals surface area contributed by atoms with E-state index in [0.717, 1.165) is 30.3 Å². The van der Waals surface area contributed by atoms with Gasteiger partial charge in [-0.1, -0.05) is 0 Å². The molecule has 5 heteroatoms. The lowest BCUT2D eigenvalue weighted by molar-refractivity contribution is 0.0240. The molecule has 0 spiro atoms. The van der Waals surface area contributed by atoms with Crippen molar-refractivity contribution >= 4 is 11.3 Å². The highest BCUT2D eigenvalue weighted by Gasteiger charge is 2.43. The first kappa shape index (κ1) is 13.0. The zero-order chi connectivity index (χ0) is 12.5. The Kier molecular flexibility index (Phi) is 3.82. The summed E-state index contributed by atoms with van der Waals surface area (Å²) in [6.07, 6.45) is 1.20. The Morgan fingerprint density at radius 3 is 2.94 bits per heavy atom. The third-order valence-electron chi connectivity index (χ3n) is 3.84. The quantitative estimate of drug-likeness (QED) is 0.883. The van der Waals surface area contributed by atoms with E-state index >= 15 is 0 Å². The van der Waals surface area contributed by atoms with Crippen LogP contribution in [-0.4, -0.2) is 41.7 Å². The van der Waals surface area contributed by atoms with E-state index in [2.05, 4.69) is 29.2 Å². The Hall–Kier alpha value is -0.490. The van der Waals surface area contributed by atoms with Gasteiger partial charge in [0, 0.05) is 25.1 Å². The number of ether oxygens (including phenoxy) is 1. The predicted molar refractivity (Wildman–Crippen MR) is 70.1 cm³/mol. The van der Waals surface area contributed by atoms with E-state index in [4.69, 9.17) is 10.5 Å². The first-order valence-electron chi connectivity index (χ1n) is 6.02. The largest absolute Gasteiger partial charge is 0.376 e. The van der Waals surface area contributed by atoms with E-state index in [1.54, 1.807) is 11.3 Å². The second kappa shape index (κ2) is 5.02. The number of aryl methyl sites for hydroxylation is 1. The Morgan fingerprint density at radius 2 is 2.47 bits per heavy atom. The summed E-state index contributed by atoms with van der Waals surface area (Å²) < 4.78 is 5.68. The highest BCUT2D eigenvalue weighted by molar-refractivity contribution is 7.09. The lowest BCUT2D eigenvalue weighted by Gasteiger charge is -2.39. The van der Waals surface area contributed by atoms with Crippen LogP contribution in [0.15, 0.2) is 5.38 Å². The maximum Gasteiger partial charge on any atom is 0.0897 e. The van der Waals surface area contributed by atoms with Crippen molar-refractivity contribution in [2.24, 2.45) is 5.73 Å². The van der Waals surface area contributed by atoms with Gasteiger partial charge < -0.3 is 10.5 Å². The van der Waals surface area contributed by atoms with E-state index in [1.165, 1.54) is 0 Å². The number of nitrogens with zero attached hydrogens (tertiary/aromatic N) is 2. The number of likely N-dealkylation sites (N-methyl/N-ethyl adjacent to an activating group) is 1. The van der Waals surface area contributed by atoms with Crippen LogP contribution >= 0.6 is 11.3 Å². The van der Waals surface area contributed by atoms with Crippen LogP contribution in [0, 0.1) is 6.92 Å². The van der Waals surface area contributed by atoms with Crippen LogP contribution < -0.4 is 5.73 Å². The van der Waals surface area contributed by atoms with Crippen molar-refractivity contribution in [1.82, 2.24) is 9.88 Å². The van der Waals surface area contributed by atoms with Gasteiger partial charge in [-0.15, -0.1) is 11.3 Å². The first-order chi connectivity index (χ1) is 8.08. The first-order valence-corrected chi connectivity index (χ1v) is 6.90. The molecule has 2 unspecified atom stereocenters.